The summed E-state index contributed by atoms with van der Waals surface area (Å²) in [5, 5.41) is 0. The number of nitrogens with zero attached hydrogens (tertiary/aromatic N) is 1. The van der Waals surface area contributed by atoms with E-state index in [-0.39, 0.29) is 6.15 Å². The molecular formula is C7H18N2O. The summed E-state index contributed by atoms with van der Waals surface area (Å²) >= 11 is 0. The Bertz CT molecular complexity index is 69.3. The van der Waals surface area contributed by atoms with Crippen LogP contribution in [0.5, 0.6) is 0 Å². The second-order valence-corrected chi connectivity index (χ2v) is 2.45. The first-order valence-corrected chi connectivity index (χ1v) is 3.73. The number of hydrogen-bond acceptors (Lipinski definition) is 3. The van der Waals surface area contributed by atoms with Crippen molar-refractivity contribution in [3.05, 3.63) is 0 Å². The van der Waals surface area contributed by atoms with E-state index >= 15 is 0 Å². The Morgan fingerprint density at radius 1 is 1.30 bits per heavy atom. The fourth-order valence-electron chi connectivity index (χ4n) is 1.14. The van der Waals surface area contributed by atoms with Gasteiger partial charge >= 0.3 is 0 Å². The van der Waals surface area contributed by atoms with Gasteiger partial charge in [-0.25, -0.2) is 0 Å². The third kappa shape index (κ3) is 3.15. The molecule has 0 unspecified atom stereocenters. The summed E-state index contributed by atoms with van der Waals surface area (Å²) in [6.45, 7) is 7.58. The molecule has 0 amide bonds. The first kappa shape index (κ1) is 9.88. The van der Waals surface area contributed by atoms with Crippen LogP contribution in [0, 0.1) is 0 Å². The molecule has 3 heteroatoms. The highest BCUT2D eigenvalue weighted by Gasteiger charge is 2.07. The summed E-state index contributed by atoms with van der Waals surface area (Å²) in [7, 11) is 0. The van der Waals surface area contributed by atoms with Crippen molar-refractivity contribution in [3.8, 4) is 0 Å². The quantitative estimate of drug-likeness (QED) is 0.629. The van der Waals surface area contributed by atoms with Crippen molar-refractivity contribution in [1.82, 2.24) is 11.1 Å². The van der Waals surface area contributed by atoms with Gasteiger partial charge in [0, 0.05) is 13.1 Å². The lowest BCUT2D eigenvalue weighted by Gasteiger charge is -2.25. The predicted octanol–water partition coefficient (Wildman–Crippen LogP) is 0.891. The Hall–Kier alpha value is -0.120. The molecule has 62 valence electrons. The van der Waals surface area contributed by atoms with Gasteiger partial charge in [-0.3, -0.25) is 4.90 Å². The molecule has 3 nitrogen and oxygen atoms in total. The molecule has 1 rings (SSSR count). The van der Waals surface area contributed by atoms with E-state index in [1.165, 1.54) is 13.0 Å². The smallest absolute Gasteiger partial charge is 0.0594 e. The summed E-state index contributed by atoms with van der Waals surface area (Å²) in [5.41, 5.74) is 0. The Balaban J connectivity index is 0.000000810. The molecule has 0 spiro atoms. The van der Waals surface area contributed by atoms with Crippen LogP contribution in [0.15, 0.2) is 0 Å². The van der Waals surface area contributed by atoms with Gasteiger partial charge in [-0.05, 0) is 13.0 Å². The summed E-state index contributed by atoms with van der Waals surface area (Å²) in [6, 6.07) is 0. The molecule has 0 atom stereocenters. The maximum absolute atomic E-state index is 5.20. The maximum atomic E-state index is 5.20. The first-order valence-electron chi connectivity index (χ1n) is 3.73. The van der Waals surface area contributed by atoms with Gasteiger partial charge in [-0.1, -0.05) is 6.92 Å². The zero-order valence-corrected chi connectivity index (χ0v) is 6.81. The van der Waals surface area contributed by atoms with Crippen LogP contribution < -0.4 is 6.15 Å². The van der Waals surface area contributed by atoms with Crippen molar-refractivity contribution in [2.24, 2.45) is 0 Å². The Morgan fingerprint density at radius 3 is 2.40 bits per heavy atom. The zero-order chi connectivity index (χ0) is 6.53. The van der Waals surface area contributed by atoms with Crippen LogP contribution in [0.2, 0.25) is 0 Å². The van der Waals surface area contributed by atoms with Crippen LogP contribution in [0.4, 0.5) is 0 Å². The summed E-state index contributed by atoms with van der Waals surface area (Å²) < 4.78 is 5.20. The molecule has 0 saturated carbocycles. The second kappa shape index (κ2) is 5.65. The first-order chi connectivity index (χ1) is 4.43. The van der Waals surface area contributed by atoms with Gasteiger partial charge in [0.05, 0.1) is 13.2 Å². The molecule has 10 heavy (non-hydrogen) atoms. The van der Waals surface area contributed by atoms with E-state index in [0.29, 0.717) is 0 Å². The monoisotopic (exact) mass is 146 g/mol. The molecule has 1 aliphatic rings. The molecule has 0 aromatic heterocycles. The summed E-state index contributed by atoms with van der Waals surface area (Å²) in [4.78, 5) is 2.45. The molecule has 0 aromatic rings. The molecule has 1 aliphatic heterocycles. The van der Waals surface area contributed by atoms with Crippen molar-refractivity contribution < 1.29 is 4.74 Å². The highest BCUT2D eigenvalue weighted by molar-refractivity contribution is 4.59. The lowest BCUT2D eigenvalue weighted by Crippen LogP contribution is -2.36. The molecule has 1 fully saturated rings. The molecule has 1 saturated heterocycles. The topological polar surface area (TPSA) is 47.5 Å². The van der Waals surface area contributed by atoms with E-state index in [9.17, 15) is 0 Å². The van der Waals surface area contributed by atoms with E-state index < -0.39 is 0 Å². The minimum Gasteiger partial charge on any atom is -0.379 e. The van der Waals surface area contributed by atoms with Gasteiger partial charge in [0.2, 0.25) is 0 Å². The maximum Gasteiger partial charge on any atom is 0.0594 e. The van der Waals surface area contributed by atoms with Gasteiger partial charge in [-0.2, -0.15) is 0 Å². The molecule has 0 aliphatic carbocycles. The normalized spacial score (nSPS) is 20.1. The molecule has 3 N–H and O–H groups in total. The standard InChI is InChI=1S/C7H15NO.H3N/c1-2-3-8-4-6-9-7-5-8;/h2-7H2,1H3;1H3. The zero-order valence-electron chi connectivity index (χ0n) is 6.81. The number of rotatable bonds is 2. The van der Waals surface area contributed by atoms with Gasteiger partial charge in [0.15, 0.2) is 0 Å². The molecule has 1 heterocycles. The van der Waals surface area contributed by atoms with Gasteiger partial charge in [-0.15, -0.1) is 0 Å². The van der Waals surface area contributed by atoms with Crippen LogP contribution in [0.3, 0.4) is 0 Å². The van der Waals surface area contributed by atoms with Crippen LogP contribution >= 0.6 is 0 Å². The number of ether oxygens (including phenoxy) is 1. The van der Waals surface area contributed by atoms with E-state index in [0.717, 1.165) is 26.3 Å². The minimum absolute atomic E-state index is 0. The van der Waals surface area contributed by atoms with E-state index in [1.54, 1.807) is 0 Å². The van der Waals surface area contributed by atoms with Crippen molar-refractivity contribution in [2.45, 2.75) is 13.3 Å². The SMILES string of the molecule is CCCN1CCOCC1.N. The number of morpholine rings is 1. The van der Waals surface area contributed by atoms with Crippen LogP contribution in [0.1, 0.15) is 13.3 Å². The molecular weight excluding hydrogens is 128 g/mol. The summed E-state index contributed by atoms with van der Waals surface area (Å²) in [6.07, 6.45) is 1.26. The van der Waals surface area contributed by atoms with Gasteiger partial charge < -0.3 is 10.9 Å². The van der Waals surface area contributed by atoms with Crippen molar-refractivity contribution >= 4 is 0 Å². The minimum atomic E-state index is 0. The predicted molar refractivity (Wildman–Crippen MR) is 42.6 cm³/mol. The van der Waals surface area contributed by atoms with Crippen molar-refractivity contribution in [1.29, 1.82) is 0 Å². The van der Waals surface area contributed by atoms with E-state index in [4.69, 9.17) is 4.74 Å². The molecule has 0 bridgehead atoms. The average molecular weight is 146 g/mol. The van der Waals surface area contributed by atoms with E-state index in [1.807, 2.05) is 0 Å². The van der Waals surface area contributed by atoms with Crippen LogP contribution in [0.25, 0.3) is 0 Å². The fraction of sp³-hybridized carbons (Fsp3) is 1.00. The Kier molecular flexibility index (Phi) is 5.58. The Labute approximate surface area is 62.9 Å². The lowest BCUT2D eigenvalue weighted by atomic mass is 10.4. The molecule has 0 radical (unpaired) electrons. The van der Waals surface area contributed by atoms with Crippen molar-refractivity contribution in [3.63, 3.8) is 0 Å². The van der Waals surface area contributed by atoms with E-state index in [2.05, 4.69) is 11.8 Å². The van der Waals surface area contributed by atoms with Gasteiger partial charge in [0.25, 0.3) is 0 Å². The highest BCUT2D eigenvalue weighted by Crippen LogP contribution is 1.96. The van der Waals surface area contributed by atoms with Crippen LogP contribution in [-0.2, 0) is 4.74 Å². The third-order valence-corrected chi connectivity index (χ3v) is 1.64. The average Bonchev–Trinajstić information content (AvgIpc) is 1.91. The summed E-state index contributed by atoms with van der Waals surface area (Å²) in [5.74, 6) is 0. The third-order valence-electron chi connectivity index (χ3n) is 1.64. The fourth-order valence-corrected chi connectivity index (χ4v) is 1.14. The van der Waals surface area contributed by atoms with Crippen LogP contribution in [-0.4, -0.2) is 37.7 Å². The highest BCUT2D eigenvalue weighted by atomic mass is 16.5. The van der Waals surface area contributed by atoms with Gasteiger partial charge in [0.1, 0.15) is 0 Å². The largest absolute Gasteiger partial charge is 0.379 e. The lowest BCUT2D eigenvalue weighted by molar-refractivity contribution is 0.0380. The van der Waals surface area contributed by atoms with Crippen molar-refractivity contribution in [2.75, 3.05) is 32.8 Å². The Morgan fingerprint density at radius 2 is 1.90 bits per heavy atom. The second-order valence-electron chi connectivity index (χ2n) is 2.45. The number of hydrogen-bond donors (Lipinski definition) is 1. The molecule has 0 aromatic carbocycles.